The lowest BCUT2D eigenvalue weighted by molar-refractivity contribution is 0.181. The smallest absolute Gasteiger partial charge is 0.229 e. The summed E-state index contributed by atoms with van der Waals surface area (Å²) in [6.07, 6.45) is 1.26. The van der Waals surface area contributed by atoms with Gasteiger partial charge in [0.15, 0.2) is 0 Å². The first-order valence-corrected chi connectivity index (χ1v) is 6.41. The van der Waals surface area contributed by atoms with Crippen molar-refractivity contribution in [3.05, 3.63) is 60.2 Å². The van der Waals surface area contributed by atoms with Gasteiger partial charge in [-0.25, -0.2) is 4.99 Å². The van der Waals surface area contributed by atoms with E-state index in [1.807, 2.05) is 59.5 Å². The van der Waals surface area contributed by atoms with E-state index < -0.39 is 11.8 Å². The third-order valence-corrected chi connectivity index (χ3v) is 3.76. The second-order valence-corrected chi connectivity index (χ2v) is 4.83. The minimum absolute atomic E-state index is 0.438. The van der Waals surface area contributed by atoms with Crippen LogP contribution in [0.15, 0.2) is 59.6 Å². The van der Waals surface area contributed by atoms with E-state index in [2.05, 4.69) is 11.1 Å². The maximum Gasteiger partial charge on any atom is 0.229 e. The number of fused-ring (bicyclic) bond motifs is 3. The second-order valence-electron chi connectivity index (χ2n) is 4.83. The summed E-state index contributed by atoms with van der Waals surface area (Å²) < 4.78 is 5.97. The van der Waals surface area contributed by atoms with Crippen molar-refractivity contribution >= 4 is 12.0 Å². The molecule has 0 bridgehead atoms. The minimum atomic E-state index is -1.01. The highest BCUT2D eigenvalue weighted by atomic mass is 16.5. The molecule has 0 saturated heterocycles. The predicted octanol–water partition coefficient (Wildman–Crippen LogP) is 2.67. The van der Waals surface area contributed by atoms with Gasteiger partial charge >= 0.3 is 0 Å². The third-order valence-electron chi connectivity index (χ3n) is 3.76. The van der Waals surface area contributed by atoms with Gasteiger partial charge in [-0.05, 0) is 17.7 Å². The fraction of sp³-hybridized carbons (Fsp3) is 0.125. The lowest BCUT2D eigenvalue weighted by Gasteiger charge is -2.26. The molecule has 0 spiro atoms. The Hall–Kier alpha value is -2.80. The molecule has 96 valence electrons. The number of rotatable bonds is 1. The molecule has 2 aliphatic rings. The van der Waals surface area contributed by atoms with Gasteiger partial charge in [0, 0.05) is 0 Å². The monoisotopic (exact) mass is 261 g/mol. The zero-order chi connectivity index (χ0) is 13.6. The summed E-state index contributed by atoms with van der Waals surface area (Å²) in [6, 6.07) is 19.7. The molecule has 2 atom stereocenters. The number of hydrogen-bond acceptors (Lipinski definition) is 4. The van der Waals surface area contributed by atoms with Gasteiger partial charge in [-0.1, -0.05) is 42.5 Å². The number of benzene rings is 2. The van der Waals surface area contributed by atoms with Crippen molar-refractivity contribution in [1.29, 1.82) is 5.26 Å². The summed E-state index contributed by atoms with van der Waals surface area (Å²) in [6.45, 7) is 0. The first-order chi connectivity index (χ1) is 9.85. The predicted molar refractivity (Wildman–Crippen MR) is 75.6 cm³/mol. The lowest BCUT2D eigenvalue weighted by atomic mass is 9.90. The van der Waals surface area contributed by atoms with E-state index in [0.717, 1.165) is 17.0 Å². The highest BCUT2D eigenvalue weighted by molar-refractivity contribution is 5.88. The van der Waals surface area contributed by atoms with Crippen LogP contribution in [0.3, 0.4) is 0 Å². The topological polar surface area (TPSA) is 48.6 Å². The summed E-state index contributed by atoms with van der Waals surface area (Å²) >= 11 is 0. The third kappa shape index (κ3) is 1.27. The molecule has 4 rings (SSSR count). The van der Waals surface area contributed by atoms with Gasteiger partial charge in [-0.2, -0.15) is 5.26 Å². The molecule has 2 unspecified atom stereocenters. The van der Waals surface area contributed by atoms with Gasteiger partial charge in [0.25, 0.3) is 0 Å². The normalized spacial score (nSPS) is 25.8. The summed E-state index contributed by atoms with van der Waals surface area (Å²) in [4.78, 5) is 6.38. The Morgan fingerprint density at radius 2 is 1.85 bits per heavy atom. The largest absolute Gasteiger partial charge is 0.464 e. The summed E-state index contributed by atoms with van der Waals surface area (Å²) in [5, 5.41) is 9.73. The number of nitrogens with zero attached hydrogens (tertiary/aromatic N) is 3. The van der Waals surface area contributed by atoms with E-state index in [4.69, 9.17) is 4.74 Å². The Morgan fingerprint density at radius 3 is 2.65 bits per heavy atom. The van der Waals surface area contributed by atoms with E-state index >= 15 is 0 Å². The molecule has 0 fully saturated rings. The van der Waals surface area contributed by atoms with Crippen LogP contribution >= 0.6 is 0 Å². The molecular weight excluding hydrogens is 250 g/mol. The fourth-order valence-corrected chi connectivity index (χ4v) is 2.76. The van der Waals surface area contributed by atoms with Crippen molar-refractivity contribution in [2.45, 2.75) is 11.8 Å². The molecule has 2 aliphatic heterocycles. The molecule has 4 heteroatoms. The molecule has 2 heterocycles. The SMILES string of the molecule is N#CC1(c2ccccc2)N=CN2c3ccccc3OC21. The Labute approximate surface area is 116 Å². The average molecular weight is 261 g/mol. The van der Waals surface area contributed by atoms with Crippen molar-refractivity contribution in [3.8, 4) is 11.8 Å². The van der Waals surface area contributed by atoms with Crippen molar-refractivity contribution in [2.75, 3.05) is 4.90 Å². The maximum atomic E-state index is 9.73. The average Bonchev–Trinajstić information content (AvgIpc) is 3.05. The van der Waals surface area contributed by atoms with E-state index in [1.54, 1.807) is 6.34 Å². The number of anilines is 1. The Bertz CT molecular complexity index is 735. The molecule has 20 heavy (non-hydrogen) atoms. The van der Waals surface area contributed by atoms with Crippen LogP contribution in [0.4, 0.5) is 5.69 Å². The van der Waals surface area contributed by atoms with E-state index in [0.29, 0.717) is 0 Å². The molecule has 0 radical (unpaired) electrons. The van der Waals surface area contributed by atoms with E-state index in [1.165, 1.54) is 0 Å². The highest BCUT2D eigenvalue weighted by Gasteiger charge is 2.53. The van der Waals surface area contributed by atoms with Crippen LogP contribution in [-0.4, -0.2) is 12.6 Å². The maximum absolute atomic E-state index is 9.73. The van der Waals surface area contributed by atoms with Crippen LogP contribution in [0.25, 0.3) is 0 Å². The molecule has 2 aromatic carbocycles. The van der Waals surface area contributed by atoms with Crippen LogP contribution < -0.4 is 9.64 Å². The molecule has 0 aliphatic carbocycles. The van der Waals surface area contributed by atoms with Gasteiger partial charge < -0.3 is 4.74 Å². The van der Waals surface area contributed by atoms with Gasteiger partial charge in [0.1, 0.15) is 11.8 Å². The zero-order valence-electron chi connectivity index (χ0n) is 10.6. The molecule has 2 aromatic rings. The van der Waals surface area contributed by atoms with Crippen LogP contribution in [0.2, 0.25) is 0 Å². The van der Waals surface area contributed by atoms with Crippen molar-refractivity contribution in [1.82, 2.24) is 0 Å². The van der Waals surface area contributed by atoms with Gasteiger partial charge in [0.05, 0.1) is 12.0 Å². The first kappa shape index (κ1) is 11.1. The quantitative estimate of drug-likeness (QED) is 0.793. The van der Waals surface area contributed by atoms with E-state index in [-0.39, 0.29) is 0 Å². The first-order valence-electron chi connectivity index (χ1n) is 6.41. The van der Waals surface area contributed by atoms with Crippen LogP contribution in [-0.2, 0) is 5.54 Å². The Balaban J connectivity index is 1.84. The number of para-hydroxylation sites is 2. The highest BCUT2D eigenvalue weighted by Crippen LogP contribution is 2.46. The molecular formula is C16H11N3O. The molecule has 0 N–H and O–H groups in total. The van der Waals surface area contributed by atoms with Crippen LogP contribution in [0.1, 0.15) is 5.56 Å². The Morgan fingerprint density at radius 1 is 1.10 bits per heavy atom. The van der Waals surface area contributed by atoms with Crippen molar-refractivity contribution in [3.63, 3.8) is 0 Å². The number of hydrogen-bond donors (Lipinski definition) is 0. The summed E-state index contributed by atoms with van der Waals surface area (Å²) in [5.74, 6) is 0.791. The van der Waals surface area contributed by atoms with Crippen LogP contribution in [0.5, 0.6) is 5.75 Å². The number of aliphatic imine (C=N–C) groups is 1. The number of nitriles is 1. The van der Waals surface area contributed by atoms with Crippen molar-refractivity contribution in [2.24, 2.45) is 4.99 Å². The molecule has 0 saturated carbocycles. The Kier molecular flexibility index (Phi) is 2.13. The van der Waals surface area contributed by atoms with Crippen LogP contribution in [0, 0.1) is 11.3 Å². The lowest BCUT2D eigenvalue weighted by Crippen LogP contribution is -2.43. The van der Waals surface area contributed by atoms with Gasteiger partial charge in [0.2, 0.25) is 11.8 Å². The fourth-order valence-electron chi connectivity index (χ4n) is 2.76. The van der Waals surface area contributed by atoms with Crippen molar-refractivity contribution < 1.29 is 4.74 Å². The van der Waals surface area contributed by atoms with Gasteiger partial charge in [-0.15, -0.1) is 0 Å². The minimum Gasteiger partial charge on any atom is -0.464 e. The second kappa shape index (κ2) is 3.84. The standard InChI is InChI=1S/C16H11N3O/c17-10-16(12-6-2-1-3-7-12)15-19(11-18-16)13-8-4-5-9-14(13)20-15/h1-9,11,15H. The molecule has 0 amide bonds. The summed E-state index contributed by atoms with van der Waals surface area (Å²) in [5.41, 5.74) is 0.786. The zero-order valence-corrected chi connectivity index (χ0v) is 10.6. The number of ether oxygens (including phenoxy) is 1. The summed E-state index contributed by atoms with van der Waals surface area (Å²) in [7, 11) is 0. The molecule has 4 nitrogen and oxygen atoms in total. The van der Waals surface area contributed by atoms with Gasteiger partial charge in [-0.3, -0.25) is 4.90 Å². The molecule has 0 aromatic heterocycles. The van der Waals surface area contributed by atoms with E-state index in [9.17, 15) is 5.26 Å².